The Morgan fingerprint density at radius 2 is 1.03 bits per heavy atom. The second kappa shape index (κ2) is 13.4. The van der Waals surface area contributed by atoms with Gasteiger partial charge in [-0.15, -0.1) is 0 Å². The van der Waals surface area contributed by atoms with Gasteiger partial charge in [-0.3, -0.25) is 0 Å². The van der Waals surface area contributed by atoms with E-state index in [2.05, 4.69) is 232 Å². The summed E-state index contributed by atoms with van der Waals surface area (Å²) in [5.41, 5.74) is 24.6. The SMILES string of the molecule is Cc1cc2c3c(c1)N(c1ccc(C(C)(C)C)cc1-c1ccccc1)c1cc4c(cc1B3N(c1ccc(C(C)(C)C)cc1)c1ccc(C(C)(C)C)cc1-2)-c1ccccc1C4(C)C. The molecule has 1 aliphatic carbocycles. The second-order valence-electron chi connectivity index (χ2n) is 21.6. The second-order valence-corrected chi connectivity index (χ2v) is 21.6. The van der Waals surface area contributed by atoms with E-state index in [9.17, 15) is 0 Å². The molecule has 0 bridgehead atoms. The predicted molar refractivity (Wildman–Crippen MR) is 264 cm³/mol. The van der Waals surface area contributed by atoms with Crippen molar-refractivity contribution in [3.8, 4) is 33.4 Å². The van der Waals surface area contributed by atoms with E-state index < -0.39 is 0 Å². The average molecular weight is 795 g/mol. The first-order chi connectivity index (χ1) is 28.8. The molecule has 0 radical (unpaired) electrons. The zero-order valence-electron chi connectivity index (χ0n) is 38.3. The largest absolute Gasteiger partial charge is 0.376 e. The van der Waals surface area contributed by atoms with Gasteiger partial charge in [0.05, 0.1) is 5.69 Å². The fraction of sp³-hybridized carbons (Fsp3) is 0.276. The minimum Gasteiger partial charge on any atom is -0.376 e. The fourth-order valence-electron chi connectivity index (χ4n) is 10.5. The summed E-state index contributed by atoms with van der Waals surface area (Å²) in [5.74, 6) is 0. The molecule has 2 aliphatic heterocycles. The highest BCUT2D eigenvalue weighted by Crippen LogP contribution is 2.54. The number of benzene rings is 7. The lowest BCUT2D eigenvalue weighted by atomic mass is 9.43. The third kappa shape index (κ3) is 6.13. The van der Waals surface area contributed by atoms with Gasteiger partial charge in [-0.05, 0) is 138 Å². The summed E-state index contributed by atoms with van der Waals surface area (Å²) in [5, 5.41) is 0. The van der Waals surface area contributed by atoms with E-state index in [0.717, 1.165) is 0 Å². The van der Waals surface area contributed by atoms with E-state index in [4.69, 9.17) is 0 Å². The van der Waals surface area contributed by atoms with E-state index >= 15 is 0 Å². The molecule has 304 valence electrons. The van der Waals surface area contributed by atoms with Gasteiger partial charge in [0.25, 0.3) is 0 Å². The van der Waals surface area contributed by atoms with E-state index in [0.29, 0.717) is 0 Å². The van der Waals surface area contributed by atoms with E-state index in [1.807, 2.05) is 0 Å². The first-order valence-electron chi connectivity index (χ1n) is 22.3. The molecule has 0 unspecified atom stereocenters. The van der Waals surface area contributed by atoms with Crippen molar-refractivity contribution in [1.82, 2.24) is 0 Å². The Hall–Kier alpha value is -5.80. The molecule has 3 heteroatoms. The van der Waals surface area contributed by atoms with Crippen LogP contribution in [0.3, 0.4) is 0 Å². The maximum atomic E-state index is 2.67. The Balaban J connectivity index is 1.35. The highest BCUT2D eigenvalue weighted by atomic mass is 15.2. The topological polar surface area (TPSA) is 6.48 Å². The molecule has 10 rings (SSSR count). The molecule has 0 spiro atoms. The molecule has 7 aromatic rings. The maximum absolute atomic E-state index is 2.67. The molecule has 0 saturated carbocycles. The van der Waals surface area contributed by atoms with Gasteiger partial charge in [0.1, 0.15) is 0 Å². The van der Waals surface area contributed by atoms with Gasteiger partial charge in [-0.25, -0.2) is 0 Å². The van der Waals surface area contributed by atoms with Crippen LogP contribution in [0.5, 0.6) is 0 Å². The van der Waals surface area contributed by atoms with Gasteiger partial charge in [0.15, 0.2) is 0 Å². The van der Waals surface area contributed by atoms with Crippen LogP contribution >= 0.6 is 0 Å². The molecule has 0 saturated heterocycles. The third-order valence-corrected chi connectivity index (χ3v) is 14.0. The number of hydrogen-bond acceptors (Lipinski definition) is 2. The van der Waals surface area contributed by atoms with E-state index in [1.54, 1.807) is 0 Å². The standard InChI is InChI=1S/C58H59BN2/c1-36-30-46-45-33-40(57(8,9)10)25-29-51(45)61(41-26-22-38(23-27-41)55(2,3)4)59-49-34-44-42-20-16-17-21-47(42)58(11,12)48(44)35-52(49)60(53(31-36)54(46)59)50-28-24-39(56(5,6)7)32-43(50)37-18-14-13-15-19-37/h13-35H,1-12H3. The van der Waals surface area contributed by atoms with Crippen LogP contribution in [0.15, 0.2) is 140 Å². The van der Waals surface area contributed by atoms with Crippen molar-refractivity contribution in [2.24, 2.45) is 0 Å². The molecule has 0 aromatic heterocycles. The lowest BCUT2D eigenvalue weighted by molar-refractivity contribution is 0.590. The third-order valence-electron chi connectivity index (χ3n) is 14.0. The summed E-state index contributed by atoms with van der Waals surface area (Å²) in [6.07, 6.45) is 0. The Kier molecular flexibility index (Phi) is 8.61. The number of fused-ring (bicyclic) bond motifs is 7. The van der Waals surface area contributed by atoms with Crippen molar-refractivity contribution in [3.63, 3.8) is 0 Å². The van der Waals surface area contributed by atoms with Gasteiger partial charge in [0, 0.05) is 39.3 Å². The van der Waals surface area contributed by atoms with Crippen LogP contribution in [-0.2, 0) is 21.7 Å². The van der Waals surface area contributed by atoms with Crippen molar-refractivity contribution >= 4 is 46.2 Å². The van der Waals surface area contributed by atoms with E-state index in [1.165, 1.54) is 106 Å². The first kappa shape index (κ1) is 39.3. The smallest absolute Gasteiger partial charge is 0.333 e. The van der Waals surface area contributed by atoms with Gasteiger partial charge in [-0.1, -0.05) is 167 Å². The monoisotopic (exact) mass is 794 g/mol. The number of anilines is 5. The van der Waals surface area contributed by atoms with E-state index in [-0.39, 0.29) is 28.5 Å². The zero-order valence-corrected chi connectivity index (χ0v) is 38.3. The zero-order chi connectivity index (χ0) is 43.0. The quantitative estimate of drug-likeness (QED) is 0.164. The van der Waals surface area contributed by atoms with Crippen LogP contribution < -0.4 is 20.6 Å². The highest BCUT2D eigenvalue weighted by molar-refractivity contribution is 6.93. The molecule has 0 atom stereocenters. The minimum atomic E-state index is -0.159. The normalized spacial score (nSPS) is 14.9. The number of aryl methyl sites for hydroxylation is 1. The summed E-state index contributed by atoms with van der Waals surface area (Å²) in [7, 11) is 0. The van der Waals surface area contributed by atoms with Crippen LogP contribution in [0.2, 0.25) is 0 Å². The molecule has 3 aliphatic rings. The first-order valence-corrected chi connectivity index (χ1v) is 22.3. The Morgan fingerprint density at radius 3 is 1.69 bits per heavy atom. The molecule has 2 nitrogen and oxygen atoms in total. The van der Waals surface area contributed by atoms with Crippen molar-refractivity contribution in [1.29, 1.82) is 0 Å². The minimum absolute atomic E-state index is 0.00623. The molecule has 0 fully saturated rings. The average Bonchev–Trinajstić information content (AvgIpc) is 3.44. The molecule has 0 N–H and O–H groups in total. The Labute approximate surface area is 365 Å². The van der Waals surface area contributed by atoms with Gasteiger partial charge in [-0.2, -0.15) is 0 Å². The van der Waals surface area contributed by atoms with Crippen LogP contribution in [0, 0.1) is 6.92 Å². The Morgan fingerprint density at radius 1 is 0.443 bits per heavy atom. The maximum Gasteiger partial charge on any atom is 0.333 e. The van der Waals surface area contributed by atoms with Gasteiger partial charge < -0.3 is 9.71 Å². The summed E-state index contributed by atoms with van der Waals surface area (Å²) in [6.45, 7) is 27.9. The predicted octanol–water partition coefficient (Wildman–Crippen LogP) is 14.6. The fourth-order valence-corrected chi connectivity index (χ4v) is 10.5. The van der Waals surface area contributed by atoms with Gasteiger partial charge in [0.2, 0.25) is 0 Å². The number of nitrogens with zero attached hydrogens (tertiary/aromatic N) is 2. The molecular formula is C58H59BN2. The summed E-state index contributed by atoms with van der Waals surface area (Å²) in [4.78, 5) is 5.32. The van der Waals surface area contributed by atoms with Crippen molar-refractivity contribution < 1.29 is 0 Å². The van der Waals surface area contributed by atoms with Crippen molar-refractivity contribution in [3.05, 3.63) is 173 Å². The van der Waals surface area contributed by atoms with Crippen LogP contribution in [-0.4, -0.2) is 6.85 Å². The molecule has 2 heterocycles. The van der Waals surface area contributed by atoms with Gasteiger partial charge >= 0.3 is 6.85 Å². The summed E-state index contributed by atoms with van der Waals surface area (Å²) < 4.78 is 0. The lowest BCUT2D eigenvalue weighted by Gasteiger charge is -2.47. The summed E-state index contributed by atoms with van der Waals surface area (Å²) >= 11 is 0. The molecular weight excluding hydrogens is 735 g/mol. The van der Waals surface area contributed by atoms with Crippen LogP contribution in [0.1, 0.15) is 110 Å². The molecule has 7 aromatic carbocycles. The number of hydrogen-bond donors (Lipinski definition) is 0. The number of rotatable bonds is 3. The Bertz CT molecular complexity index is 2900. The van der Waals surface area contributed by atoms with Crippen molar-refractivity contribution in [2.45, 2.75) is 105 Å². The van der Waals surface area contributed by atoms with Crippen LogP contribution in [0.4, 0.5) is 28.4 Å². The highest BCUT2D eigenvalue weighted by Gasteiger charge is 2.48. The van der Waals surface area contributed by atoms with Crippen molar-refractivity contribution in [2.75, 3.05) is 9.71 Å². The molecule has 61 heavy (non-hydrogen) atoms. The lowest BCUT2D eigenvalue weighted by Crippen LogP contribution is -2.61. The summed E-state index contributed by atoms with van der Waals surface area (Å²) in [6, 6.07) is 54.2. The molecule has 0 amide bonds. The van der Waals surface area contributed by atoms with Crippen LogP contribution in [0.25, 0.3) is 33.4 Å².